The highest BCUT2D eigenvalue weighted by molar-refractivity contribution is 6.35. The summed E-state index contributed by atoms with van der Waals surface area (Å²) >= 11 is 12.3. The standard InChI is InChI=1S/C16H18Cl2N2O/c1-2-7-21-16-13(8-14(17)9-15(16)18)11-20-10-12-3-5-19-6-4-12/h3-6,8-9,20H,2,7,10-11H2,1H3. The molecule has 0 bridgehead atoms. The molecule has 5 heteroatoms. The minimum atomic E-state index is 0.552. The van der Waals surface area contributed by atoms with Crippen LogP contribution in [0.3, 0.4) is 0 Å². The summed E-state index contributed by atoms with van der Waals surface area (Å²) in [6.45, 7) is 4.09. The van der Waals surface area contributed by atoms with Crippen molar-refractivity contribution in [3.63, 3.8) is 0 Å². The summed E-state index contributed by atoms with van der Waals surface area (Å²) in [5.74, 6) is 0.713. The molecule has 0 spiro atoms. The lowest BCUT2D eigenvalue weighted by Crippen LogP contribution is -2.14. The van der Waals surface area contributed by atoms with Crippen molar-refractivity contribution in [3.8, 4) is 5.75 Å². The number of benzene rings is 1. The zero-order valence-corrected chi connectivity index (χ0v) is 13.4. The second-order valence-electron chi connectivity index (χ2n) is 4.68. The van der Waals surface area contributed by atoms with Crippen LogP contribution in [0.4, 0.5) is 0 Å². The minimum Gasteiger partial charge on any atom is -0.492 e. The van der Waals surface area contributed by atoms with Crippen LogP contribution in [-0.2, 0) is 13.1 Å². The SMILES string of the molecule is CCCOc1c(Cl)cc(Cl)cc1CNCc1ccncc1. The Hall–Kier alpha value is -1.29. The summed E-state index contributed by atoms with van der Waals surface area (Å²) in [7, 11) is 0. The smallest absolute Gasteiger partial charge is 0.142 e. The number of nitrogens with one attached hydrogen (secondary N) is 1. The summed E-state index contributed by atoms with van der Waals surface area (Å²) in [5.41, 5.74) is 2.14. The van der Waals surface area contributed by atoms with E-state index in [2.05, 4.69) is 17.2 Å². The average Bonchev–Trinajstić information content (AvgIpc) is 2.47. The third-order valence-electron chi connectivity index (χ3n) is 2.93. The Labute approximate surface area is 135 Å². The Bertz CT molecular complexity index is 576. The Balaban J connectivity index is 2.04. The van der Waals surface area contributed by atoms with E-state index in [4.69, 9.17) is 27.9 Å². The normalized spacial score (nSPS) is 10.6. The van der Waals surface area contributed by atoms with Crippen LogP contribution in [0.5, 0.6) is 5.75 Å². The Kier molecular flexibility index (Phi) is 6.30. The van der Waals surface area contributed by atoms with E-state index in [-0.39, 0.29) is 0 Å². The maximum atomic E-state index is 6.22. The van der Waals surface area contributed by atoms with Crippen molar-refractivity contribution in [2.45, 2.75) is 26.4 Å². The maximum absolute atomic E-state index is 6.22. The van der Waals surface area contributed by atoms with Gasteiger partial charge in [0.25, 0.3) is 0 Å². The largest absolute Gasteiger partial charge is 0.492 e. The van der Waals surface area contributed by atoms with Crippen LogP contribution in [0.15, 0.2) is 36.7 Å². The van der Waals surface area contributed by atoms with E-state index in [1.54, 1.807) is 18.5 Å². The van der Waals surface area contributed by atoms with Gasteiger partial charge in [0.1, 0.15) is 5.75 Å². The van der Waals surface area contributed by atoms with Crippen LogP contribution in [0.2, 0.25) is 10.0 Å². The molecule has 0 saturated heterocycles. The van der Waals surface area contributed by atoms with Crippen LogP contribution < -0.4 is 10.1 Å². The lowest BCUT2D eigenvalue weighted by atomic mass is 10.2. The van der Waals surface area contributed by atoms with E-state index >= 15 is 0 Å². The molecule has 0 amide bonds. The summed E-state index contributed by atoms with van der Waals surface area (Å²) in [4.78, 5) is 4.00. The first-order valence-electron chi connectivity index (χ1n) is 6.91. The summed E-state index contributed by atoms with van der Waals surface area (Å²) in [6, 6.07) is 7.55. The van der Waals surface area contributed by atoms with Crippen LogP contribution in [0.1, 0.15) is 24.5 Å². The molecule has 112 valence electrons. The van der Waals surface area contributed by atoms with Gasteiger partial charge in [-0.05, 0) is 36.2 Å². The molecule has 0 aliphatic heterocycles. The molecule has 0 radical (unpaired) electrons. The average molecular weight is 325 g/mol. The topological polar surface area (TPSA) is 34.1 Å². The molecule has 0 fully saturated rings. The molecule has 1 aromatic carbocycles. The Morgan fingerprint density at radius 1 is 1.14 bits per heavy atom. The van der Waals surface area contributed by atoms with E-state index < -0.39 is 0 Å². The van der Waals surface area contributed by atoms with Gasteiger partial charge in [-0.15, -0.1) is 0 Å². The van der Waals surface area contributed by atoms with Crippen molar-refractivity contribution in [2.75, 3.05) is 6.61 Å². The van der Waals surface area contributed by atoms with Gasteiger partial charge in [0, 0.05) is 36.1 Å². The van der Waals surface area contributed by atoms with Crippen LogP contribution in [0, 0.1) is 0 Å². The first-order chi connectivity index (χ1) is 10.2. The number of aromatic nitrogens is 1. The number of hydrogen-bond acceptors (Lipinski definition) is 3. The summed E-state index contributed by atoms with van der Waals surface area (Å²) < 4.78 is 5.73. The monoisotopic (exact) mass is 324 g/mol. The molecule has 1 aromatic heterocycles. The predicted molar refractivity (Wildman–Crippen MR) is 87.0 cm³/mol. The van der Waals surface area contributed by atoms with Crippen LogP contribution >= 0.6 is 23.2 Å². The molecule has 1 N–H and O–H groups in total. The molecule has 21 heavy (non-hydrogen) atoms. The Morgan fingerprint density at radius 3 is 2.62 bits per heavy atom. The third kappa shape index (κ3) is 4.88. The van der Waals surface area contributed by atoms with Gasteiger partial charge in [-0.2, -0.15) is 0 Å². The minimum absolute atomic E-state index is 0.552. The maximum Gasteiger partial charge on any atom is 0.142 e. The van der Waals surface area contributed by atoms with Gasteiger partial charge in [-0.25, -0.2) is 0 Å². The molecule has 2 aromatic rings. The zero-order chi connectivity index (χ0) is 15.1. The molecule has 3 nitrogen and oxygen atoms in total. The van der Waals surface area contributed by atoms with Crippen LogP contribution in [-0.4, -0.2) is 11.6 Å². The molecule has 1 heterocycles. The fourth-order valence-corrected chi connectivity index (χ4v) is 2.54. The van der Waals surface area contributed by atoms with Gasteiger partial charge in [0.05, 0.1) is 11.6 Å². The van der Waals surface area contributed by atoms with Gasteiger partial charge < -0.3 is 10.1 Å². The van der Waals surface area contributed by atoms with Crippen molar-refractivity contribution >= 4 is 23.2 Å². The number of rotatable bonds is 7. The molecular weight excluding hydrogens is 307 g/mol. The number of hydrogen-bond donors (Lipinski definition) is 1. The zero-order valence-electron chi connectivity index (χ0n) is 11.9. The van der Waals surface area contributed by atoms with Gasteiger partial charge in [0.15, 0.2) is 0 Å². The third-order valence-corrected chi connectivity index (χ3v) is 3.43. The highest BCUT2D eigenvalue weighted by Gasteiger charge is 2.10. The van der Waals surface area contributed by atoms with Crippen molar-refractivity contribution < 1.29 is 4.74 Å². The second-order valence-corrected chi connectivity index (χ2v) is 5.53. The van der Waals surface area contributed by atoms with Crippen molar-refractivity contribution in [3.05, 3.63) is 57.8 Å². The van der Waals surface area contributed by atoms with Gasteiger partial charge in [-0.1, -0.05) is 30.1 Å². The van der Waals surface area contributed by atoms with Gasteiger partial charge in [-0.3, -0.25) is 4.98 Å². The summed E-state index contributed by atoms with van der Waals surface area (Å²) in [6.07, 6.45) is 4.49. The van der Waals surface area contributed by atoms with E-state index in [9.17, 15) is 0 Å². The quantitative estimate of drug-likeness (QED) is 0.816. The fourth-order valence-electron chi connectivity index (χ4n) is 1.95. The molecular formula is C16H18Cl2N2O. The molecule has 0 unspecified atom stereocenters. The first-order valence-corrected chi connectivity index (χ1v) is 7.66. The second kappa shape index (κ2) is 8.23. The van der Waals surface area contributed by atoms with Crippen molar-refractivity contribution in [2.24, 2.45) is 0 Å². The van der Waals surface area contributed by atoms with E-state index in [1.165, 1.54) is 5.56 Å². The fraction of sp³-hybridized carbons (Fsp3) is 0.312. The summed E-state index contributed by atoms with van der Waals surface area (Å²) in [5, 5.41) is 4.53. The van der Waals surface area contributed by atoms with Gasteiger partial charge in [0.2, 0.25) is 0 Å². The molecule has 0 atom stereocenters. The van der Waals surface area contributed by atoms with Crippen molar-refractivity contribution in [1.82, 2.24) is 10.3 Å². The highest BCUT2D eigenvalue weighted by Crippen LogP contribution is 2.32. The first kappa shape index (κ1) is 16.1. The highest BCUT2D eigenvalue weighted by atomic mass is 35.5. The van der Waals surface area contributed by atoms with E-state index in [1.807, 2.05) is 18.2 Å². The lowest BCUT2D eigenvalue weighted by Gasteiger charge is -2.14. The lowest BCUT2D eigenvalue weighted by molar-refractivity contribution is 0.313. The molecule has 0 aliphatic carbocycles. The van der Waals surface area contributed by atoms with Crippen LogP contribution in [0.25, 0.3) is 0 Å². The van der Waals surface area contributed by atoms with Crippen molar-refractivity contribution in [1.29, 1.82) is 0 Å². The number of halogens is 2. The van der Waals surface area contributed by atoms with E-state index in [0.717, 1.165) is 18.5 Å². The van der Waals surface area contributed by atoms with Gasteiger partial charge >= 0.3 is 0 Å². The molecule has 0 aliphatic rings. The Morgan fingerprint density at radius 2 is 1.90 bits per heavy atom. The molecule has 0 saturated carbocycles. The molecule has 2 rings (SSSR count). The number of ether oxygens (including phenoxy) is 1. The number of nitrogens with zero attached hydrogens (tertiary/aromatic N) is 1. The van der Waals surface area contributed by atoms with E-state index in [0.29, 0.717) is 28.9 Å². The number of pyridine rings is 1. The predicted octanol–water partition coefficient (Wildman–Crippen LogP) is 4.47.